The Kier molecular flexibility index (Phi) is 52.6. The van der Waals surface area contributed by atoms with E-state index in [9.17, 15) is 28.6 Å². The predicted octanol–water partition coefficient (Wildman–Crippen LogP) is 16.2. The van der Waals surface area contributed by atoms with Crippen molar-refractivity contribution < 1.29 is 88.9 Å². The van der Waals surface area contributed by atoms with Crippen LogP contribution in [0.3, 0.4) is 0 Å². The number of hydrogen-bond donors (Lipinski definition) is 3. The van der Waals surface area contributed by atoms with Gasteiger partial charge in [-0.2, -0.15) is 0 Å². The smallest absolute Gasteiger partial charge is 0.388 e. The summed E-state index contributed by atoms with van der Waals surface area (Å²) in [6.45, 7) is 8.48. The summed E-state index contributed by atoms with van der Waals surface area (Å²) in [5.41, 5.74) is 0. The van der Waals surface area contributed by atoms with Gasteiger partial charge >= 0.3 is 15.6 Å². The van der Waals surface area contributed by atoms with Crippen LogP contribution in [-0.2, 0) is 83.8 Å². The molecule has 0 aliphatic carbocycles. The lowest BCUT2D eigenvalue weighted by Gasteiger charge is -2.47. The third-order valence-electron chi connectivity index (χ3n) is 17.7. The molecule has 2 rings (SSSR count). The van der Waals surface area contributed by atoms with Gasteiger partial charge in [0.15, 0.2) is 12.6 Å². The Morgan fingerprint density at radius 2 is 0.892 bits per heavy atom. The fourth-order valence-electron chi connectivity index (χ4n) is 12.0. The molecule has 11 atom stereocenters. The van der Waals surface area contributed by atoms with Crippen molar-refractivity contribution in [3.05, 3.63) is 12.2 Å². The number of nitrogens with one attached hydrogen (secondary N) is 2. The SMILES string of the molecule is CCCCCCC=CCCCCCCCCCC(=O)N[C@H]1[C@H](OC[C@H]2OC(OP(=O)(OC)OC)[C@H](NC(=O)CC(=O)CCCCCCCCCCC)[C@@H](OCCCCCCCCCC)[C@@H]2O)O[C@H](COC)[C@@H](OP(=O)(OC)OC)[C@@H]1OCC[C@@H](CCCCCCC)OC. The van der Waals surface area contributed by atoms with E-state index in [2.05, 4.69) is 50.5 Å². The first-order valence-electron chi connectivity index (χ1n) is 36.6. The third kappa shape index (κ3) is 39.0. The molecule has 0 saturated carbocycles. The third-order valence-corrected chi connectivity index (χ3v) is 20.5. The molecule has 0 spiro atoms. The van der Waals surface area contributed by atoms with Crippen LogP contribution in [0.4, 0.5) is 0 Å². The molecule has 2 aliphatic rings. The molecular formula is C70H134N2O19P2. The van der Waals surface area contributed by atoms with Crippen LogP contribution in [0, 0.1) is 0 Å². The molecule has 2 aliphatic heterocycles. The predicted molar refractivity (Wildman–Crippen MR) is 366 cm³/mol. The van der Waals surface area contributed by atoms with Gasteiger partial charge in [-0.3, -0.25) is 41.5 Å². The van der Waals surface area contributed by atoms with Crippen LogP contribution in [0.15, 0.2) is 12.2 Å². The van der Waals surface area contributed by atoms with Gasteiger partial charge < -0.3 is 48.9 Å². The van der Waals surface area contributed by atoms with Crippen molar-refractivity contribution in [2.45, 2.75) is 352 Å². The molecule has 2 amide bonds. The lowest BCUT2D eigenvalue weighted by molar-refractivity contribution is -0.301. The van der Waals surface area contributed by atoms with Crippen LogP contribution in [0.1, 0.15) is 285 Å². The van der Waals surface area contributed by atoms with Gasteiger partial charge in [0, 0.05) is 68.7 Å². The monoisotopic (exact) mass is 1370 g/mol. The summed E-state index contributed by atoms with van der Waals surface area (Å²) in [7, 11) is -0.851. The Morgan fingerprint density at radius 3 is 1.42 bits per heavy atom. The first-order chi connectivity index (χ1) is 45.1. The number of Topliss-reactive ketones (excluding diaryl/α,β-unsaturated/α-hetero) is 1. The fraction of sp³-hybridized carbons (Fsp3) is 0.929. The quantitative estimate of drug-likeness (QED) is 0.0221. The van der Waals surface area contributed by atoms with E-state index in [0.717, 1.165) is 155 Å². The number of phosphoric ester groups is 2. The Labute approximate surface area is 563 Å². The number of allylic oxidation sites excluding steroid dienone is 2. The number of ketones is 1. The van der Waals surface area contributed by atoms with Crippen LogP contribution in [0.25, 0.3) is 0 Å². The zero-order valence-electron chi connectivity index (χ0n) is 59.8. The maximum atomic E-state index is 14.4. The minimum absolute atomic E-state index is 0.120. The Balaban J connectivity index is 2.56. The van der Waals surface area contributed by atoms with Gasteiger partial charge in [-0.15, -0.1) is 0 Å². The van der Waals surface area contributed by atoms with Crippen LogP contribution in [0.2, 0.25) is 0 Å². The van der Waals surface area contributed by atoms with Crippen molar-refractivity contribution in [2.75, 3.05) is 69.1 Å². The van der Waals surface area contributed by atoms with Crippen LogP contribution in [-0.4, -0.2) is 159 Å². The zero-order valence-corrected chi connectivity index (χ0v) is 61.6. The van der Waals surface area contributed by atoms with Crippen molar-refractivity contribution >= 4 is 33.2 Å². The number of hydrogen-bond acceptors (Lipinski definition) is 19. The van der Waals surface area contributed by atoms with Gasteiger partial charge in [-0.1, -0.05) is 220 Å². The molecule has 0 radical (unpaired) electrons. The molecule has 23 heteroatoms. The number of carbonyl (C=O) groups excluding carboxylic acids is 3. The highest BCUT2D eigenvalue weighted by atomic mass is 31.2. The Bertz CT molecular complexity index is 1960. The van der Waals surface area contributed by atoms with Gasteiger partial charge in [-0.05, 0) is 57.8 Å². The number of rotatable bonds is 63. The minimum Gasteiger partial charge on any atom is -0.388 e. The summed E-state index contributed by atoms with van der Waals surface area (Å²) in [5.74, 6) is -1.24. The number of phosphoric acid groups is 2. The summed E-state index contributed by atoms with van der Waals surface area (Å²) in [5, 5.41) is 18.5. The van der Waals surface area contributed by atoms with E-state index in [4.69, 9.17) is 60.3 Å². The van der Waals surface area contributed by atoms with Gasteiger partial charge in [0.2, 0.25) is 11.8 Å². The first-order valence-corrected chi connectivity index (χ1v) is 39.5. The summed E-state index contributed by atoms with van der Waals surface area (Å²) in [4.78, 5) is 41.7. The summed E-state index contributed by atoms with van der Waals surface area (Å²) >= 11 is 0. The normalized spacial score (nSPS) is 22.4. The topological polar surface area (TPSA) is 250 Å². The molecule has 93 heavy (non-hydrogen) atoms. The van der Waals surface area contributed by atoms with Gasteiger partial charge in [0.25, 0.3) is 0 Å². The van der Waals surface area contributed by atoms with Crippen molar-refractivity contribution in [2.24, 2.45) is 0 Å². The zero-order chi connectivity index (χ0) is 68.2. The first kappa shape index (κ1) is 87.3. The molecule has 21 nitrogen and oxygen atoms in total. The second-order valence-corrected chi connectivity index (χ2v) is 29.1. The molecule has 0 aromatic carbocycles. The van der Waals surface area contributed by atoms with Crippen molar-refractivity contribution in [3.63, 3.8) is 0 Å². The summed E-state index contributed by atoms with van der Waals surface area (Å²) in [6.07, 6.45) is 32.7. The van der Waals surface area contributed by atoms with Crippen molar-refractivity contribution in [1.82, 2.24) is 10.6 Å². The lowest BCUT2D eigenvalue weighted by Crippen LogP contribution is -2.67. The highest BCUT2D eigenvalue weighted by Gasteiger charge is 2.54. The fourth-order valence-corrected chi connectivity index (χ4v) is 13.6. The molecule has 3 N–H and O–H groups in total. The van der Waals surface area contributed by atoms with E-state index >= 15 is 0 Å². The van der Waals surface area contributed by atoms with Crippen LogP contribution in [0.5, 0.6) is 0 Å². The molecule has 0 aromatic rings. The number of aliphatic hydroxyl groups excluding tert-OH is 1. The summed E-state index contributed by atoms with van der Waals surface area (Å²) in [6, 6.07) is -2.50. The summed E-state index contributed by atoms with van der Waals surface area (Å²) < 4.78 is 106. The number of unbranched alkanes of at least 4 members (excludes halogenated alkanes) is 30. The molecule has 1 unspecified atom stereocenters. The Morgan fingerprint density at radius 1 is 0.452 bits per heavy atom. The lowest BCUT2D eigenvalue weighted by atomic mass is 9.95. The molecule has 0 bridgehead atoms. The number of methoxy groups -OCH3 is 2. The number of carbonyl (C=O) groups is 3. The molecule has 0 aromatic heterocycles. The maximum absolute atomic E-state index is 14.4. The average molecular weight is 1370 g/mol. The number of ether oxygens (including phenoxy) is 7. The second-order valence-electron chi connectivity index (χ2n) is 25.5. The number of amides is 2. The van der Waals surface area contributed by atoms with E-state index in [1.807, 2.05) is 0 Å². The highest BCUT2D eigenvalue weighted by Crippen LogP contribution is 2.52. The second kappa shape index (κ2) is 56.1. The van der Waals surface area contributed by atoms with Crippen LogP contribution < -0.4 is 10.6 Å². The standard InChI is InChI=1S/C70H134N2O19P2/c1-11-15-19-23-26-29-30-31-32-33-34-36-38-42-46-50-61(74)71-64-68(86-53-51-58(80-6)49-45-40-22-18-14-4)66(90-92(77,81-7)82-8)60(55-79-5)89-69(64)87-56-59-65(76)67(85-52-47-43-39-28-25-21-17-13-3)63(70(88-59)91-93(78,83-9)84-10)72-62(75)54-57(73)48-44-41-37-35-27-24-20-16-12-2/h29-30,58-60,63-70,76H,11-28,31-56H2,1-10H3,(H,71,74)(H,72,75)/t58-,59-,60-,63-,64-,65-,66-,67-,68-,69-,70?/m1/s1. The minimum atomic E-state index is -4.39. The molecule has 548 valence electrons. The van der Waals surface area contributed by atoms with E-state index in [0.29, 0.717) is 25.7 Å². The number of aliphatic hydroxyl groups is 1. The van der Waals surface area contributed by atoms with E-state index in [1.165, 1.54) is 92.0 Å². The van der Waals surface area contributed by atoms with Gasteiger partial charge in [0.05, 0.1) is 25.7 Å². The molecule has 2 heterocycles. The van der Waals surface area contributed by atoms with Gasteiger partial charge in [-0.25, -0.2) is 9.13 Å². The van der Waals surface area contributed by atoms with Crippen molar-refractivity contribution in [1.29, 1.82) is 0 Å². The maximum Gasteiger partial charge on any atom is 0.476 e. The Hall–Kier alpha value is -1.75. The average Bonchev–Trinajstić information content (AvgIpc) is 0.800. The van der Waals surface area contributed by atoms with E-state index in [1.54, 1.807) is 7.11 Å². The van der Waals surface area contributed by atoms with E-state index < -0.39 is 95.9 Å². The largest absolute Gasteiger partial charge is 0.476 e. The highest BCUT2D eigenvalue weighted by molar-refractivity contribution is 7.48. The van der Waals surface area contributed by atoms with E-state index in [-0.39, 0.29) is 50.5 Å². The molecular weight excluding hydrogens is 1230 g/mol. The molecule has 2 saturated heterocycles. The van der Waals surface area contributed by atoms with Gasteiger partial charge in [0.1, 0.15) is 54.5 Å². The van der Waals surface area contributed by atoms with Crippen molar-refractivity contribution in [3.8, 4) is 0 Å². The molecule has 2 fully saturated rings. The van der Waals surface area contributed by atoms with Crippen LogP contribution >= 0.6 is 15.6 Å².